The largest absolute Gasteiger partial charge is 0.357 e. The zero-order valence-electron chi connectivity index (χ0n) is 20.7. The van der Waals surface area contributed by atoms with Crippen LogP contribution >= 0.6 is 18.9 Å². The SMILES string of the molecule is CCOP(=O)(OCC)C(NC(=O)c1cc(-c2ccsc2)n(-c2ccc(S(N)(=O)=O)cc2)n1)c1ccccc1. The van der Waals surface area contributed by atoms with E-state index < -0.39 is 29.3 Å². The van der Waals surface area contributed by atoms with Crippen LogP contribution in [0.5, 0.6) is 0 Å². The summed E-state index contributed by atoms with van der Waals surface area (Å²) >= 11 is 1.48. The summed E-state index contributed by atoms with van der Waals surface area (Å²) in [5, 5.41) is 16.3. The van der Waals surface area contributed by atoms with Gasteiger partial charge < -0.3 is 14.4 Å². The lowest BCUT2D eigenvalue weighted by molar-refractivity contribution is 0.0931. The van der Waals surface area contributed by atoms with E-state index in [1.807, 2.05) is 22.9 Å². The number of amides is 1. The van der Waals surface area contributed by atoms with Gasteiger partial charge in [0.1, 0.15) is 0 Å². The first-order chi connectivity index (χ1) is 18.2. The summed E-state index contributed by atoms with van der Waals surface area (Å²) in [4.78, 5) is 13.5. The van der Waals surface area contributed by atoms with Crippen molar-refractivity contribution >= 4 is 34.9 Å². The molecule has 200 valence electrons. The van der Waals surface area contributed by atoms with Gasteiger partial charge in [0.25, 0.3) is 5.91 Å². The second-order valence-electron chi connectivity index (χ2n) is 8.04. The molecule has 0 aliphatic carbocycles. The molecule has 0 aliphatic rings. The van der Waals surface area contributed by atoms with Crippen molar-refractivity contribution in [2.24, 2.45) is 5.14 Å². The van der Waals surface area contributed by atoms with Crippen molar-refractivity contribution in [1.29, 1.82) is 0 Å². The van der Waals surface area contributed by atoms with E-state index in [-0.39, 0.29) is 23.8 Å². The number of thiophene rings is 1. The van der Waals surface area contributed by atoms with Crippen molar-refractivity contribution in [1.82, 2.24) is 15.1 Å². The zero-order chi connectivity index (χ0) is 27.3. The predicted molar refractivity (Wildman–Crippen MR) is 146 cm³/mol. The average Bonchev–Trinajstić information content (AvgIpc) is 3.58. The molecule has 0 radical (unpaired) electrons. The van der Waals surface area contributed by atoms with Crippen molar-refractivity contribution in [3.63, 3.8) is 0 Å². The second kappa shape index (κ2) is 11.7. The molecular formula is C25H27N4O6PS2. The first-order valence-electron chi connectivity index (χ1n) is 11.7. The maximum absolute atomic E-state index is 13.7. The summed E-state index contributed by atoms with van der Waals surface area (Å²) in [7, 11) is -7.66. The highest BCUT2D eigenvalue weighted by molar-refractivity contribution is 7.89. The number of primary sulfonamides is 1. The van der Waals surface area contributed by atoms with Crippen LogP contribution in [0, 0.1) is 0 Å². The van der Waals surface area contributed by atoms with Gasteiger partial charge in [-0.15, -0.1) is 0 Å². The van der Waals surface area contributed by atoms with Crippen LogP contribution in [-0.2, 0) is 23.6 Å². The van der Waals surface area contributed by atoms with E-state index in [2.05, 4.69) is 10.4 Å². The lowest BCUT2D eigenvalue weighted by Crippen LogP contribution is -2.30. The van der Waals surface area contributed by atoms with E-state index in [0.29, 0.717) is 16.9 Å². The van der Waals surface area contributed by atoms with Gasteiger partial charge in [0.2, 0.25) is 10.0 Å². The Morgan fingerprint density at radius 2 is 1.74 bits per heavy atom. The monoisotopic (exact) mass is 574 g/mol. The Kier molecular flexibility index (Phi) is 8.61. The minimum Gasteiger partial charge on any atom is -0.333 e. The van der Waals surface area contributed by atoms with Crippen LogP contribution in [0.2, 0.25) is 0 Å². The Labute approximate surface area is 225 Å². The minimum absolute atomic E-state index is 0.0447. The lowest BCUT2D eigenvalue weighted by Gasteiger charge is -2.27. The van der Waals surface area contributed by atoms with E-state index in [1.54, 1.807) is 56.3 Å². The summed E-state index contributed by atoms with van der Waals surface area (Å²) in [5.74, 6) is -1.66. The van der Waals surface area contributed by atoms with Crippen LogP contribution in [0.4, 0.5) is 0 Å². The molecule has 38 heavy (non-hydrogen) atoms. The van der Waals surface area contributed by atoms with Crippen LogP contribution < -0.4 is 10.5 Å². The number of nitrogens with zero attached hydrogens (tertiary/aromatic N) is 2. The minimum atomic E-state index is -3.87. The van der Waals surface area contributed by atoms with Gasteiger partial charge in [-0.2, -0.15) is 16.4 Å². The number of hydrogen-bond donors (Lipinski definition) is 2. The number of nitrogens with two attached hydrogens (primary N) is 1. The summed E-state index contributed by atoms with van der Waals surface area (Å²) < 4.78 is 49.7. The third-order valence-corrected chi connectivity index (χ3v) is 9.39. The van der Waals surface area contributed by atoms with E-state index in [0.717, 1.165) is 5.56 Å². The van der Waals surface area contributed by atoms with Crippen LogP contribution in [0.3, 0.4) is 0 Å². The molecule has 1 unspecified atom stereocenters. The molecule has 1 amide bonds. The molecule has 2 aromatic heterocycles. The van der Waals surface area contributed by atoms with E-state index in [4.69, 9.17) is 14.2 Å². The van der Waals surface area contributed by atoms with Crippen molar-refractivity contribution < 1.29 is 26.8 Å². The second-order valence-corrected chi connectivity index (χ2v) is 12.5. The maximum atomic E-state index is 13.7. The molecular weight excluding hydrogens is 547 g/mol. The van der Waals surface area contributed by atoms with Gasteiger partial charge in [-0.3, -0.25) is 9.36 Å². The number of sulfonamides is 1. The fraction of sp³-hybridized carbons (Fsp3) is 0.200. The molecule has 13 heteroatoms. The van der Waals surface area contributed by atoms with Gasteiger partial charge in [-0.1, -0.05) is 30.3 Å². The Hall–Kier alpha value is -3.12. The summed E-state index contributed by atoms with van der Waals surface area (Å²) in [6, 6.07) is 18.1. The van der Waals surface area contributed by atoms with Crippen molar-refractivity contribution in [3.05, 3.63) is 88.7 Å². The molecule has 2 heterocycles. The van der Waals surface area contributed by atoms with Crippen molar-refractivity contribution in [2.45, 2.75) is 24.5 Å². The van der Waals surface area contributed by atoms with Crippen LogP contribution in [-0.4, -0.2) is 37.3 Å². The highest BCUT2D eigenvalue weighted by atomic mass is 32.2. The van der Waals surface area contributed by atoms with E-state index in [1.165, 1.54) is 28.2 Å². The fourth-order valence-corrected chi connectivity index (χ4v) is 6.88. The zero-order valence-corrected chi connectivity index (χ0v) is 23.2. The fourth-order valence-electron chi connectivity index (χ4n) is 3.81. The van der Waals surface area contributed by atoms with Gasteiger partial charge >= 0.3 is 7.60 Å². The molecule has 4 aromatic rings. The van der Waals surface area contributed by atoms with Crippen molar-refractivity contribution in [2.75, 3.05) is 13.2 Å². The van der Waals surface area contributed by atoms with Gasteiger partial charge in [-0.05, 0) is 61.2 Å². The number of rotatable bonds is 11. The molecule has 4 rings (SSSR count). The van der Waals surface area contributed by atoms with Crippen LogP contribution in [0.25, 0.3) is 16.9 Å². The van der Waals surface area contributed by atoms with Gasteiger partial charge in [-0.25, -0.2) is 18.2 Å². The molecule has 1 atom stereocenters. The third kappa shape index (κ3) is 6.12. The number of nitrogens with one attached hydrogen (secondary N) is 1. The number of hydrogen-bond acceptors (Lipinski definition) is 8. The highest BCUT2D eigenvalue weighted by Crippen LogP contribution is 2.59. The summed E-state index contributed by atoms with van der Waals surface area (Å²) in [6.07, 6.45) is 0. The normalized spacial score (nSPS) is 12.8. The number of carbonyl (C=O) groups excluding carboxylic acids is 1. The molecule has 0 saturated heterocycles. The molecule has 0 spiro atoms. The van der Waals surface area contributed by atoms with E-state index >= 15 is 0 Å². The highest BCUT2D eigenvalue weighted by Gasteiger charge is 2.38. The Morgan fingerprint density at radius 1 is 1.08 bits per heavy atom. The van der Waals surface area contributed by atoms with Gasteiger partial charge in [0.15, 0.2) is 11.5 Å². The Morgan fingerprint density at radius 3 is 2.29 bits per heavy atom. The molecule has 10 nitrogen and oxygen atoms in total. The quantitative estimate of drug-likeness (QED) is 0.242. The molecule has 0 aliphatic heterocycles. The molecule has 0 bridgehead atoms. The van der Waals surface area contributed by atoms with E-state index in [9.17, 15) is 17.8 Å². The number of aromatic nitrogens is 2. The lowest BCUT2D eigenvalue weighted by atomic mass is 10.2. The summed E-state index contributed by atoms with van der Waals surface area (Å²) in [5.41, 5.74) is 2.55. The molecule has 0 fully saturated rings. The molecule has 0 saturated carbocycles. The Balaban J connectivity index is 1.75. The average molecular weight is 575 g/mol. The number of benzene rings is 2. The van der Waals surface area contributed by atoms with Gasteiger partial charge in [0.05, 0.1) is 29.5 Å². The summed E-state index contributed by atoms with van der Waals surface area (Å²) in [6.45, 7) is 3.65. The molecule has 3 N–H and O–H groups in total. The number of carbonyl (C=O) groups is 1. The standard InChI is InChI=1S/C25H27N4O6PS2/c1-3-34-36(31,35-4-2)25(18-8-6-5-7-9-18)27-24(30)22-16-23(19-14-15-37-17-19)29(28-22)20-10-12-21(13-11-20)38(26,32)33/h5-17,25H,3-4H2,1-2H3,(H,27,30)(H2,26,32,33). The third-order valence-electron chi connectivity index (χ3n) is 5.49. The maximum Gasteiger partial charge on any atom is 0.357 e. The predicted octanol–water partition coefficient (Wildman–Crippen LogP) is 4.94. The van der Waals surface area contributed by atoms with Crippen LogP contribution in [0.15, 0.2) is 82.4 Å². The first-order valence-corrected chi connectivity index (χ1v) is 15.8. The first kappa shape index (κ1) is 27.9. The topological polar surface area (TPSA) is 143 Å². The van der Waals surface area contributed by atoms with Crippen LogP contribution in [0.1, 0.15) is 35.7 Å². The van der Waals surface area contributed by atoms with Gasteiger partial charge in [0, 0.05) is 10.9 Å². The molecule has 2 aromatic carbocycles. The smallest absolute Gasteiger partial charge is 0.333 e. The van der Waals surface area contributed by atoms with Crippen molar-refractivity contribution in [3.8, 4) is 16.9 Å². The Bertz CT molecular complexity index is 1530.